The van der Waals surface area contributed by atoms with Gasteiger partial charge < -0.3 is 11.1 Å². The number of hydrogen-bond donors (Lipinski definition) is 3. The van der Waals surface area contributed by atoms with Gasteiger partial charge in [0.2, 0.25) is 0 Å². The summed E-state index contributed by atoms with van der Waals surface area (Å²) >= 11 is 0. The molecule has 3 rings (SSSR count). The van der Waals surface area contributed by atoms with Crippen LogP contribution in [0.25, 0.3) is 5.57 Å². The van der Waals surface area contributed by atoms with Crippen LogP contribution in [0.2, 0.25) is 0 Å². The lowest BCUT2D eigenvalue weighted by molar-refractivity contribution is 0.0965. The number of nitrogens with one attached hydrogen (secondary N) is 2. The van der Waals surface area contributed by atoms with Crippen molar-refractivity contribution in [3.63, 3.8) is 0 Å². The van der Waals surface area contributed by atoms with E-state index in [2.05, 4.69) is 21.9 Å². The molecule has 0 saturated carbocycles. The van der Waals surface area contributed by atoms with E-state index in [9.17, 15) is 13.4 Å². The number of rotatable bonds is 7. The Balaban J connectivity index is 1.77. The van der Waals surface area contributed by atoms with E-state index in [1.54, 1.807) is 24.3 Å². The normalized spacial score (nSPS) is 13.8. The van der Waals surface area contributed by atoms with Gasteiger partial charge in [-0.3, -0.25) is 4.79 Å². The first-order valence-electron chi connectivity index (χ1n) is 9.32. The van der Waals surface area contributed by atoms with Gasteiger partial charge >= 0.3 is 0 Å². The molecular weight excluding hydrogens is 429 g/mol. The topological polar surface area (TPSA) is 122 Å². The summed E-state index contributed by atoms with van der Waals surface area (Å²) in [5, 5.41) is 2.57. The SMILES string of the molecule is C=C/C=C(\C=C(/N)NC(=O)c1ccc(S(=N)(=O)c2cncnc2)cc1)c1ccc(F)cc1. The molecule has 0 saturated heterocycles. The lowest BCUT2D eigenvalue weighted by Gasteiger charge is -2.10. The van der Waals surface area contributed by atoms with Gasteiger partial charge in [-0.2, -0.15) is 0 Å². The van der Waals surface area contributed by atoms with Crippen molar-refractivity contribution < 1.29 is 13.4 Å². The van der Waals surface area contributed by atoms with Crippen molar-refractivity contribution in [2.45, 2.75) is 9.79 Å². The Kier molecular flexibility index (Phi) is 6.91. The van der Waals surface area contributed by atoms with E-state index < -0.39 is 15.6 Å². The minimum Gasteiger partial charge on any atom is -0.385 e. The minimum absolute atomic E-state index is 0.0715. The molecule has 9 heteroatoms. The van der Waals surface area contributed by atoms with Gasteiger partial charge in [0.05, 0.1) is 9.79 Å². The van der Waals surface area contributed by atoms with Crippen LogP contribution in [0, 0.1) is 10.6 Å². The van der Waals surface area contributed by atoms with E-state index in [0.29, 0.717) is 11.1 Å². The highest BCUT2D eigenvalue weighted by Crippen LogP contribution is 2.21. The van der Waals surface area contributed by atoms with Crippen LogP contribution in [0.5, 0.6) is 0 Å². The number of nitrogens with two attached hydrogens (primary N) is 1. The molecule has 0 aliphatic heterocycles. The molecule has 3 aromatic rings. The van der Waals surface area contributed by atoms with Crippen LogP contribution >= 0.6 is 0 Å². The van der Waals surface area contributed by atoms with Crippen LogP contribution in [0.1, 0.15) is 15.9 Å². The molecule has 1 atom stereocenters. The van der Waals surface area contributed by atoms with E-state index >= 15 is 0 Å². The number of halogens is 1. The van der Waals surface area contributed by atoms with E-state index in [1.807, 2.05) is 0 Å². The molecule has 0 radical (unpaired) electrons. The Morgan fingerprint density at radius 1 is 1.03 bits per heavy atom. The van der Waals surface area contributed by atoms with Gasteiger partial charge in [0.1, 0.15) is 27.7 Å². The zero-order valence-electron chi connectivity index (χ0n) is 16.9. The van der Waals surface area contributed by atoms with Crippen molar-refractivity contribution in [2.24, 2.45) is 5.73 Å². The van der Waals surface area contributed by atoms with Crippen molar-refractivity contribution in [2.75, 3.05) is 0 Å². The highest BCUT2D eigenvalue weighted by Gasteiger charge is 2.15. The predicted octanol–water partition coefficient (Wildman–Crippen LogP) is 3.88. The second-order valence-corrected chi connectivity index (χ2v) is 8.63. The first-order valence-corrected chi connectivity index (χ1v) is 10.9. The summed E-state index contributed by atoms with van der Waals surface area (Å²) in [6.07, 6.45) is 8.70. The zero-order chi connectivity index (χ0) is 23.1. The summed E-state index contributed by atoms with van der Waals surface area (Å²) in [6.45, 7) is 3.65. The second kappa shape index (κ2) is 9.80. The fourth-order valence-corrected chi connectivity index (χ4v) is 3.98. The summed E-state index contributed by atoms with van der Waals surface area (Å²) in [5.41, 5.74) is 7.57. The highest BCUT2D eigenvalue weighted by atomic mass is 32.2. The first kappa shape index (κ1) is 22.6. The number of aromatic nitrogens is 2. The number of allylic oxidation sites excluding steroid dienone is 4. The molecule has 1 unspecified atom stereocenters. The van der Waals surface area contributed by atoms with Gasteiger partial charge in [-0.05, 0) is 53.6 Å². The van der Waals surface area contributed by atoms with E-state index in [0.717, 1.165) is 0 Å². The third-order valence-corrected chi connectivity index (χ3v) is 6.17. The number of hydrogen-bond acceptors (Lipinski definition) is 6. The molecule has 4 N–H and O–H groups in total. The third kappa shape index (κ3) is 5.32. The molecule has 1 amide bonds. The van der Waals surface area contributed by atoms with Gasteiger partial charge in [-0.15, -0.1) is 0 Å². The Hall–Kier alpha value is -4.11. The first-order chi connectivity index (χ1) is 15.3. The highest BCUT2D eigenvalue weighted by molar-refractivity contribution is 7.92. The van der Waals surface area contributed by atoms with Gasteiger partial charge in [0.15, 0.2) is 0 Å². The molecule has 1 aromatic heterocycles. The molecule has 0 spiro atoms. The largest absolute Gasteiger partial charge is 0.385 e. The minimum atomic E-state index is -3.30. The number of benzene rings is 2. The van der Waals surface area contributed by atoms with Gasteiger partial charge in [-0.1, -0.05) is 30.9 Å². The van der Waals surface area contributed by atoms with Crippen molar-refractivity contribution in [3.05, 3.63) is 115 Å². The van der Waals surface area contributed by atoms with E-state index in [4.69, 9.17) is 10.5 Å². The third-order valence-electron chi connectivity index (χ3n) is 4.36. The molecular formula is C23H20FN5O2S. The summed E-state index contributed by atoms with van der Waals surface area (Å²) in [5.74, 6) is -0.777. The standard InChI is InChI=1S/C23H20FN5O2S/c1-2-3-18(16-4-8-19(24)9-5-16)12-22(25)29-23(30)17-6-10-20(11-7-17)32(26,31)21-13-27-15-28-14-21/h2-15,26H,1,25H2,(H,29,30)/b18-3+,22-12+. The number of amides is 1. The molecule has 2 aromatic carbocycles. The van der Waals surface area contributed by atoms with Crippen LogP contribution < -0.4 is 11.1 Å². The van der Waals surface area contributed by atoms with Crippen molar-refractivity contribution in [1.29, 1.82) is 4.78 Å². The maximum atomic E-state index is 13.2. The molecule has 1 heterocycles. The Morgan fingerprint density at radius 2 is 1.62 bits per heavy atom. The fraction of sp³-hybridized carbons (Fsp3) is 0. The number of nitrogens with zero attached hydrogens (tertiary/aromatic N) is 2. The summed E-state index contributed by atoms with van der Waals surface area (Å²) in [7, 11) is -3.30. The summed E-state index contributed by atoms with van der Waals surface area (Å²) in [6, 6.07) is 11.6. The van der Waals surface area contributed by atoms with E-state index in [1.165, 1.54) is 61.2 Å². The summed E-state index contributed by atoms with van der Waals surface area (Å²) in [4.78, 5) is 20.5. The van der Waals surface area contributed by atoms with Crippen molar-refractivity contribution in [1.82, 2.24) is 15.3 Å². The van der Waals surface area contributed by atoms with Gasteiger partial charge in [-0.25, -0.2) is 23.3 Å². The zero-order valence-corrected chi connectivity index (χ0v) is 17.7. The molecule has 162 valence electrons. The quantitative estimate of drug-likeness (QED) is 0.473. The van der Waals surface area contributed by atoms with Gasteiger partial charge in [0.25, 0.3) is 5.91 Å². The lowest BCUT2D eigenvalue weighted by Crippen LogP contribution is -2.27. The van der Waals surface area contributed by atoms with Crippen LogP contribution in [0.3, 0.4) is 0 Å². The summed E-state index contributed by atoms with van der Waals surface area (Å²) < 4.78 is 34.2. The maximum absolute atomic E-state index is 13.2. The van der Waals surface area contributed by atoms with E-state index in [-0.39, 0.29) is 27.0 Å². The van der Waals surface area contributed by atoms with Crippen LogP contribution in [0.15, 0.2) is 108 Å². The van der Waals surface area contributed by atoms with Crippen LogP contribution in [-0.4, -0.2) is 20.1 Å². The van der Waals surface area contributed by atoms with Crippen LogP contribution in [0.4, 0.5) is 4.39 Å². The molecule has 0 fully saturated rings. The number of carbonyl (C=O) groups excluding carboxylic acids is 1. The molecule has 0 bridgehead atoms. The molecule has 0 aliphatic rings. The lowest BCUT2D eigenvalue weighted by atomic mass is 10.0. The second-order valence-electron chi connectivity index (χ2n) is 6.57. The molecule has 7 nitrogen and oxygen atoms in total. The van der Waals surface area contributed by atoms with Crippen molar-refractivity contribution >= 4 is 21.2 Å². The average Bonchev–Trinajstić information content (AvgIpc) is 2.80. The smallest absolute Gasteiger partial charge is 0.256 e. The monoisotopic (exact) mass is 449 g/mol. The average molecular weight is 450 g/mol. The molecule has 0 aliphatic carbocycles. The maximum Gasteiger partial charge on any atom is 0.256 e. The Bertz CT molecular complexity index is 1280. The predicted molar refractivity (Wildman–Crippen MR) is 120 cm³/mol. The molecule has 32 heavy (non-hydrogen) atoms. The number of carbonyl (C=O) groups is 1. The van der Waals surface area contributed by atoms with Crippen LogP contribution in [-0.2, 0) is 9.73 Å². The Morgan fingerprint density at radius 3 is 2.22 bits per heavy atom. The Labute approximate surface area is 185 Å². The van der Waals surface area contributed by atoms with Gasteiger partial charge in [0, 0.05) is 18.0 Å². The fourth-order valence-electron chi connectivity index (χ4n) is 2.77. The van der Waals surface area contributed by atoms with Crippen molar-refractivity contribution in [3.8, 4) is 0 Å².